The Morgan fingerprint density at radius 1 is 1.26 bits per heavy atom. The van der Waals surface area contributed by atoms with Gasteiger partial charge in [0.15, 0.2) is 0 Å². The summed E-state index contributed by atoms with van der Waals surface area (Å²) in [6, 6.07) is 0.339. The van der Waals surface area contributed by atoms with Gasteiger partial charge in [0.25, 0.3) is 0 Å². The van der Waals surface area contributed by atoms with E-state index in [0.29, 0.717) is 17.9 Å². The summed E-state index contributed by atoms with van der Waals surface area (Å²) in [7, 11) is 0. The first-order valence-corrected chi connectivity index (χ1v) is 9.47. The second-order valence-electron chi connectivity index (χ2n) is 6.37. The van der Waals surface area contributed by atoms with Crippen molar-refractivity contribution in [2.24, 2.45) is 17.8 Å². The Morgan fingerprint density at radius 3 is 2.37 bits per heavy atom. The lowest BCUT2D eigenvalue weighted by atomic mass is 9.79. The van der Waals surface area contributed by atoms with Crippen LogP contribution in [0, 0.1) is 17.8 Å². The molecule has 1 unspecified atom stereocenters. The van der Waals surface area contributed by atoms with E-state index < -0.39 is 0 Å². The number of halogens is 1. The smallest absolute Gasteiger partial charge is 0.223 e. The monoisotopic (exact) mass is 379 g/mol. The Labute approximate surface area is 132 Å². The molecule has 0 bridgehead atoms. The fourth-order valence-corrected chi connectivity index (χ4v) is 4.13. The highest BCUT2D eigenvalue weighted by Gasteiger charge is 2.27. The van der Waals surface area contributed by atoms with Gasteiger partial charge < -0.3 is 5.32 Å². The van der Waals surface area contributed by atoms with Gasteiger partial charge in [0.1, 0.15) is 0 Å². The largest absolute Gasteiger partial charge is 0.352 e. The number of alkyl halides is 1. The summed E-state index contributed by atoms with van der Waals surface area (Å²) in [6.07, 6.45) is 8.74. The van der Waals surface area contributed by atoms with Crippen LogP contribution in [0.25, 0.3) is 0 Å². The lowest BCUT2D eigenvalue weighted by Crippen LogP contribution is -2.43. The number of hydrogen-bond donors (Lipinski definition) is 1. The van der Waals surface area contributed by atoms with Crippen LogP contribution in [0.3, 0.4) is 0 Å². The molecule has 1 aliphatic carbocycles. The second-order valence-corrected chi connectivity index (χ2v) is 7.25. The van der Waals surface area contributed by atoms with Crippen molar-refractivity contribution in [3.05, 3.63) is 0 Å². The van der Waals surface area contributed by atoms with Gasteiger partial charge in [-0.3, -0.25) is 4.79 Å². The average Bonchev–Trinajstić information content (AvgIpc) is 2.42. The van der Waals surface area contributed by atoms with Crippen LogP contribution in [-0.2, 0) is 4.79 Å². The minimum atomic E-state index is 0.280. The maximum absolute atomic E-state index is 12.3. The Morgan fingerprint density at radius 2 is 1.89 bits per heavy atom. The lowest BCUT2D eigenvalue weighted by molar-refractivity contribution is -0.127. The molecule has 1 N–H and O–H groups in total. The van der Waals surface area contributed by atoms with Crippen molar-refractivity contribution >= 4 is 28.5 Å². The molecule has 1 aliphatic rings. The number of unbranched alkanes of at least 4 members (excludes halogenated alkanes) is 1. The highest BCUT2D eigenvalue weighted by atomic mass is 127. The molecule has 0 aliphatic heterocycles. The zero-order chi connectivity index (χ0) is 14.3. The van der Waals surface area contributed by atoms with Gasteiger partial charge in [0, 0.05) is 16.4 Å². The van der Waals surface area contributed by atoms with Crippen molar-refractivity contribution < 1.29 is 4.79 Å². The molecule has 0 heterocycles. The third-order valence-corrected chi connectivity index (χ3v) is 5.43. The summed E-state index contributed by atoms with van der Waals surface area (Å²) in [6.45, 7) is 6.63. The van der Waals surface area contributed by atoms with Gasteiger partial charge >= 0.3 is 0 Å². The van der Waals surface area contributed by atoms with Gasteiger partial charge in [-0.2, -0.15) is 0 Å². The number of rotatable bonds is 7. The Bertz CT molecular complexity index is 259. The fraction of sp³-hybridized carbons (Fsp3) is 0.938. The molecule has 2 nitrogen and oxygen atoms in total. The number of hydrogen-bond acceptors (Lipinski definition) is 1. The van der Waals surface area contributed by atoms with E-state index in [1.807, 2.05) is 0 Å². The summed E-state index contributed by atoms with van der Waals surface area (Å²) in [5, 5.41) is 3.25. The zero-order valence-electron chi connectivity index (χ0n) is 12.8. The molecule has 1 amide bonds. The maximum Gasteiger partial charge on any atom is 0.223 e. The zero-order valence-corrected chi connectivity index (χ0v) is 14.9. The van der Waals surface area contributed by atoms with Crippen LogP contribution in [-0.4, -0.2) is 16.4 Å². The number of carbonyl (C=O) groups is 1. The van der Waals surface area contributed by atoms with E-state index in [2.05, 4.69) is 48.7 Å². The van der Waals surface area contributed by atoms with Crippen LogP contribution < -0.4 is 5.32 Å². The summed E-state index contributed by atoms with van der Waals surface area (Å²) in [4.78, 5) is 12.3. The van der Waals surface area contributed by atoms with E-state index in [-0.39, 0.29) is 5.92 Å². The van der Waals surface area contributed by atoms with Crippen LogP contribution in [0.4, 0.5) is 0 Å². The molecule has 1 saturated carbocycles. The van der Waals surface area contributed by atoms with E-state index in [9.17, 15) is 4.79 Å². The molecule has 0 radical (unpaired) electrons. The molecule has 112 valence electrons. The summed E-state index contributed by atoms with van der Waals surface area (Å²) in [5.74, 6) is 2.00. The third kappa shape index (κ3) is 6.01. The second kappa shape index (κ2) is 9.19. The van der Waals surface area contributed by atoms with Crippen LogP contribution >= 0.6 is 22.6 Å². The number of carbonyl (C=O) groups excluding carboxylic acids is 1. The fourth-order valence-electron chi connectivity index (χ4n) is 2.89. The normalized spacial score (nSPS) is 25.3. The lowest BCUT2D eigenvalue weighted by Gasteiger charge is -2.29. The van der Waals surface area contributed by atoms with E-state index in [0.717, 1.165) is 23.2 Å². The van der Waals surface area contributed by atoms with E-state index in [1.54, 1.807) is 0 Å². The molecule has 1 rings (SSSR count). The number of nitrogens with one attached hydrogen (secondary N) is 1. The van der Waals surface area contributed by atoms with Crippen molar-refractivity contribution in [2.75, 3.05) is 4.43 Å². The number of amides is 1. The van der Waals surface area contributed by atoms with E-state index in [4.69, 9.17) is 0 Å². The van der Waals surface area contributed by atoms with E-state index >= 15 is 0 Å². The van der Waals surface area contributed by atoms with Gasteiger partial charge in [-0.25, -0.2) is 0 Å². The predicted octanol–water partition coefficient (Wildman–Crippen LogP) is 4.56. The predicted molar refractivity (Wildman–Crippen MR) is 90.6 cm³/mol. The Hall–Kier alpha value is 0.200. The minimum absolute atomic E-state index is 0.280. The average molecular weight is 379 g/mol. The van der Waals surface area contributed by atoms with Crippen molar-refractivity contribution in [1.29, 1.82) is 0 Å². The standard InChI is InChI=1S/C16H30INO/c1-4-5-6-13-7-9-14(10-8-13)16(19)18-15(11-17)12(2)3/h12-15H,4-11H2,1-3H3,(H,18,19). The van der Waals surface area contributed by atoms with Crippen LogP contribution in [0.5, 0.6) is 0 Å². The van der Waals surface area contributed by atoms with Crippen LogP contribution in [0.15, 0.2) is 0 Å². The summed E-state index contributed by atoms with van der Waals surface area (Å²) >= 11 is 2.37. The first-order chi connectivity index (χ1) is 9.08. The maximum atomic E-state index is 12.3. The molecular weight excluding hydrogens is 349 g/mol. The van der Waals surface area contributed by atoms with Gasteiger partial charge in [0.2, 0.25) is 5.91 Å². The van der Waals surface area contributed by atoms with Gasteiger partial charge in [-0.1, -0.05) is 62.6 Å². The molecule has 0 aromatic carbocycles. The van der Waals surface area contributed by atoms with Crippen molar-refractivity contribution in [3.8, 4) is 0 Å². The summed E-state index contributed by atoms with van der Waals surface area (Å²) < 4.78 is 1.01. The van der Waals surface area contributed by atoms with Crippen molar-refractivity contribution in [2.45, 2.75) is 71.8 Å². The Kier molecular flexibility index (Phi) is 8.35. The first-order valence-electron chi connectivity index (χ1n) is 7.94. The molecule has 0 aromatic rings. The molecule has 3 heteroatoms. The molecule has 0 aromatic heterocycles. The van der Waals surface area contributed by atoms with Gasteiger partial charge in [-0.05, 0) is 37.5 Å². The minimum Gasteiger partial charge on any atom is -0.352 e. The summed E-state index contributed by atoms with van der Waals surface area (Å²) in [5.41, 5.74) is 0. The first kappa shape index (κ1) is 17.3. The van der Waals surface area contributed by atoms with Crippen LogP contribution in [0.2, 0.25) is 0 Å². The van der Waals surface area contributed by atoms with Crippen LogP contribution in [0.1, 0.15) is 65.7 Å². The van der Waals surface area contributed by atoms with Gasteiger partial charge in [-0.15, -0.1) is 0 Å². The Balaban J connectivity index is 2.32. The topological polar surface area (TPSA) is 29.1 Å². The molecule has 1 atom stereocenters. The molecular formula is C16H30INO. The van der Waals surface area contributed by atoms with Crippen molar-refractivity contribution in [1.82, 2.24) is 5.32 Å². The van der Waals surface area contributed by atoms with E-state index in [1.165, 1.54) is 32.1 Å². The van der Waals surface area contributed by atoms with Crippen molar-refractivity contribution in [3.63, 3.8) is 0 Å². The quantitative estimate of drug-likeness (QED) is 0.510. The molecule has 1 fully saturated rings. The molecule has 19 heavy (non-hydrogen) atoms. The third-order valence-electron chi connectivity index (χ3n) is 4.48. The highest BCUT2D eigenvalue weighted by Crippen LogP contribution is 2.32. The molecule has 0 saturated heterocycles. The highest BCUT2D eigenvalue weighted by molar-refractivity contribution is 14.1. The molecule has 0 spiro atoms. The van der Waals surface area contributed by atoms with Gasteiger partial charge in [0.05, 0.1) is 0 Å². The SMILES string of the molecule is CCCCC1CCC(C(=O)NC(CI)C(C)C)CC1.